The Hall–Kier alpha value is -2.90. The molecule has 1 saturated heterocycles. The Labute approximate surface area is 158 Å². The summed E-state index contributed by atoms with van der Waals surface area (Å²) in [5.41, 5.74) is 1.72. The van der Waals surface area contributed by atoms with Crippen molar-refractivity contribution in [1.29, 1.82) is 0 Å². The first kappa shape index (κ1) is 18.9. The van der Waals surface area contributed by atoms with Crippen LogP contribution in [-0.4, -0.2) is 59.3 Å². The standard InChI is InChI=1S/C19H25FN6O/c1-3-21-19(22-8-7-15-5-4-6-16(20)11-15)25-9-10-26(18(27)14-25)17-12-23-24(2)13-17/h4-6,11-13H,3,7-10,14H2,1-2H3,(H,21,22). The predicted molar refractivity (Wildman–Crippen MR) is 103 cm³/mol. The number of anilines is 1. The molecule has 1 aromatic heterocycles. The number of nitrogens with one attached hydrogen (secondary N) is 1. The molecule has 0 atom stereocenters. The number of aryl methyl sites for hydroxylation is 1. The van der Waals surface area contributed by atoms with Crippen molar-refractivity contribution in [2.75, 3.05) is 37.6 Å². The molecule has 144 valence electrons. The number of carbonyl (C=O) groups is 1. The van der Waals surface area contributed by atoms with Gasteiger partial charge in [-0.25, -0.2) is 4.39 Å². The van der Waals surface area contributed by atoms with Gasteiger partial charge in [0.1, 0.15) is 12.4 Å². The van der Waals surface area contributed by atoms with E-state index < -0.39 is 0 Å². The smallest absolute Gasteiger partial charge is 0.246 e. The van der Waals surface area contributed by atoms with Crippen molar-refractivity contribution in [2.45, 2.75) is 13.3 Å². The molecule has 3 rings (SSSR count). The minimum Gasteiger partial charge on any atom is -0.357 e. The van der Waals surface area contributed by atoms with Gasteiger partial charge in [-0.05, 0) is 31.0 Å². The van der Waals surface area contributed by atoms with E-state index >= 15 is 0 Å². The number of benzene rings is 1. The number of nitrogens with zero attached hydrogens (tertiary/aromatic N) is 5. The van der Waals surface area contributed by atoms with Gasteiger partial charge in [-0.15, -0.1) is 0 Å². The fraction of sp³-hybridized carbons (Fsp3) is 0.421. The monoisotopic (exact) mass is 372 g/mol. The summed E-state index contributed by atoms with van der Waals surface area (Å²) in [7, 11) is 1.83. The molecule has 1 aliphatic rings. The molecule has 27 heavy (non-hydrogen) atoms. The Bertz CT molecular complexity index is 818. The molecule has 1 aromatic carbocycles. The summed E-state index contributed by atoms with van der Waals surface area (Å²) in [5, 5.41) is 7.38. The Kier molecular flexibility index (Phi) is 6.05. The van der Waals surface area contributed by atoms with Gasteiger partial charge in [-0.2, -0.15) is 5.10 Å². The molecular weight excluding hydrogens is 347 g/mol. The molecule has 7 nitrogen and oxygen atoms in total. The van der Waals surface area contributed by atoms with E-state index in [1.54, 1.807) is 21.8 Å². The number of aromatic nitrogens is 2. The summed E-state index contributed by atoms with van der Waals surface area (Å²) in [5.74, 6) is 0.499. The highest BCUT2D eigenvalue weighted by Crippen LogP contribution is 2.16. The van der Waals surface area contributed by atoms with Crippen LogP contribution in [0.2, 0.25) is 0 Å². The second kappa shape index (κ2) is 8.66. The normalized spacial score (nSPS) is 15.4. The number of amides is 1. The van der Waals surface area contributed by atoms with E-state index in [1.807, 2.05) is 31.1 Å². The number of hydrogen-bond acceptors (Lipinski definition) is 3. The van der Waals surface area contributed by atoms with Crippen LogP contribution in [-0.2, 0) is 18.3 Å². The van der Waals surface area contributed by atoms with Crippen LogP contribution < -0.4 is 10.2 Å². The van der Waals surface area contributed by atoms with Crippen LogP contribution in [0.4, 0.5) is 10.1 Å². The van der Waals surface area contributed by atoms with Crippen LogP contribution in [0.25, 0.3) is 0 Å². The lowest BCUT2D eigenvalue weighted by molar-refractivity contribution is -0.120. The summed E-state index contributed by atoms with van der Waals surface area (Å²) in [6.45, 7) is 4.78. The maximum atomic E-state index is 13.3. The van der Waals surface area contributed by atoms with E-state index in [-0.39, 0.29) is 18.3 Å². The van der Waals surface area contributed by atoms with E-state index in [0.717, 1.165) is 17.8 Å². The SMILES string of the molecule is CCNC(=NCCc1cccc(F)c1)N1CCN(c2cnn(C)c2)C(=O)C1. The third kappa shape index (κ3) is 4.84. The zero-order valence-electron chi connectivity index (χ0n) is 15.7. The molecular formula is C19H25FN6O. The fourth-order valence-corrected chi connectivity index (χ4v) is 3.08. The molecule has 0 bridgehead atoms. The summed E-state index contributed by atoms with van der Waals surface area (Å²) >= 11 is 0. The van der Waals surface area contributed by atoms with Gasteiger partial charge >= 0.3 is 0 Å². The van der Waals surface area contributed by atoms with Gasteiger partial charge in [-0.1, -0.05) is 12.1 Å². The van der Waals surface area contributed by atoms with Gasteiger partial charge in [0, 0.05) is 39.4 Å². The molecule has 8 heteroatoms. The highest BCUT2D eigenvalue weighted by molar-refractivity contribution is 5.98. The highest BCUT2D eigenvalue weighted by Gasteiger charge is 2.27. The van der Waals surface area contributed by atoms with Crippen molar-refractivity contribution in [3.8, 4) is 0 Å². The van der Waals surface area contributed by atoms with Crippen molar-refractivity contribution in [3.63, 3.8) is 0 Å². The highest BCUT2D eigenvalue weighted by atomic mass is 19.1. The number of aliphatic imine (C=N–C) groups is 1. The minimum absolute atomic E-state index is 0.0185. The second-order valence-electron chi connectivity index (χ2n) is 6.45. The van der Waals surface area contributed by atoms with Crippen molar-refractivity contribution in [2.24, 2.45) is 12.0 Å². The molecule has 0 saturated carbocycles. The Morgan fingerprint density at radius 3 is 2.89 bits per heavy atom. The van der Waals surface area contributed by atoms with E-state index in [2.05, 4.69) is 15.4 Å². The minimum atomic E-state index is -0.236. The molecule has 1 fully saturated rings. The zero-order valence-corrected chi connectivity index (χ0v) is 15.7. The Morgan fingerprint density at radius 1 is 1.37 bits per heavy atom. The number of rotatable bonds is 5. The molecule has 0 spiro atoms. The number of hydrogen-bond donors (Lipinski definition) is 1. The molecule has 0 aliphatic carbocycles. The van der Waals surface area contributed by atoms with Crippen molar-refractivity contribution < 1.29 is 9.18 Å². The van der Waals surface area contributed by atoms with Gasteiger partial charge in [0.15, 0.2) is 5.96 Å². The summed E-state index contributed by atoms with van der Waals surface area (Å²) in [4.78, 5) is 20.9. The lowest BCUT2D eigenvalue weighted by atomic mass is 10.1. The topological polar surface area (TPSA) is 65.8 Å². The molecule has 0 unspecified atom stereocenters. The van der Waals surface area contributed by atoms with Crippen molar-refractivity contribution >= 4 is 17.6 Å². The Morgan fingerprint density at radius 2 is 2.22 bits per heavy atom. The predicted octanol–water partition coefficient (Wildman–Crippen LogP) is 1.42. The first-order chi connectivity index (χ1) is 13.1. The van der Waals surface area contributed by atoms with Gasteiger partial charge < -0.3 is 15.1 Å². The van der Waals surface area contributed by atoms with Gasteiger partial charge in [0.2, 0.25) is 5.91 Å². The maximum absolute atomic E-state index is 13.3. The van der Waals surface area contributed by atoms with Crippen LogP contribution in [0.5, 0.6) is 0 Å². The summed E-state index contributed by atoms with van der Waals surface area (Å²) < 4.78 is 15.0. The lowest BCUT2D eigenvalue weighted by Gasteiger charge is -2.35. The van der Waals surface area contributed by atoms with Crippen molar-refractivity contribution in [3.05, 3.63) is 48.0 Å². The number of carbonyl (C=O) groups excluding carboxylic acids is 1. The molecule has 1 aliphatic heterocycles. The average molecular weight is 372 g/mol. The number of halogens is 1. The number of guanidine groups is 1. The van der Waals surface area contributed by atoms with E-state index in [4.69, 9.17) is 0 Å². The fourth-order valence-electron chi connectivity index (χ4n) is 3.08. The van der Waals surface area contributed by atoms with E-state index in [1.165, 1.54) is 12.1 Å². The van der Waals surface area contributed by atoms with Gasteiger partial charge in [-0.3, -0.25) is 14.5 Å². The van der Waals surface area contributed by atoms with Gasteiger partial charge in [0.05, 0.1) is 11.9 Å². The third-order valence-electron chi connectivity index (χ3n) is 4.41. The van der Waals surface area contributed by atoms with Crippen molar-refractivity contribution in [1.82, 2.24) is 20.0 Å². The Balaban J connectivity index is 1.62. The maximum Gasteiger partial charge on any atom is 0.246 e. The van der Waals surface area contributed by atoms with E-state index in [9.17, 15) is 9.18 Å². The van der Waals surface area contributed by atoms with Crippen LogP contribution in [0.15, 0.2) is 41.7 Å². The first-order valence-corrected chi connectivity index (χ1v) is 9.13. The van der Waals surface area contributed by atoms with Gasteiger partial charge in [0.25, 0.3) is 0 Å². The van der Waals surface area contributed by atoms with Crippen LogP contribution in [0.1, 0.15) is 12.5 Å². The largest absolute Gasteiger partial charge is 0.357 e. The second-order valence-corrected chi connectivity index (χ2v) is 6.45. The summed E-state index contributed by atoms with van der Waals surface area (Å²) in [6.07, 6.45) is 4.19. The van der Waals surface area contributed by atoms with E-state index in [0.29, 0.717) is 32.0 Å². The molecule has 2 aromatic rings. The van der Waals surface area contributed by atoms with Crippen LogP contribution in [0, 0.1) is 5.82 Å². The first-order valence-electron chi connectivity index (χ1n) is 9.13. The zero-order chi connectivity index (χ0) is 19.2. The third-order valence-corrected chi connectivity index (χ3v) is 4.41. The lowest BCUT2D eigenvalue weighted by Crippen LogP contribution is -2.55. The molecule has 2 heterocycles. The number of piperazine rings is 1. The molecule has 1 amide bonds. The quantitative estimate of drug-likeness (QED) is 0.637. The van der Waals surface area contributed by atoms with Crippen LogP contribution in [0.3, 0.4) is 0 Å². The average Bonchev–Trinajstić information content (AvgIpc) is 3.07. The molecule has 0 radical (unpaired) electrons. The summed E-state index contributed by atoms with van der Waals surface area (Å²) in [6, 6.07) is 6.56. The van der Waals surface area contributed by atoms with Crippen LogP contribution >= 0.6 is 0 Å². The molecule has 1 N–H and O–H groups in total.